The Morgan fingerprint density at radius 3 is 2.62 bits per heavy atom. The maximum Gasteiger partial charge on any atom is 0.417 e. The van der Waals surface area contributed by atoms with Crippen LogP contribution in [0.5, 0.6) is 0 Å². The Labute approximate surface area is 140 Å². The van der Waals surface area contributed by atoms with E-state index >= 15 is 0 Å². The first kappa shape index (κ1) is 17.0. The number of esters is 1. The van der Waals surface area contributed by atoms with Gasteiger partial charge in [-0.1, -0.05) is 0 Å². The Morgan fingerprint density at radius 1 is 1.38 bits per heavy atom. The highest BCUT2D eigenvalue weighted by atomic mass is 32.1. The van der Waals surface area contributed by atoms with E-state index in [0.717, 1.165) is 17.4 Å². The summed E-state index contributed by atoms with van der Waals surface area (Å²) in [6.07, 6.45) is -4.52. The van der Waals surface area contributed by atoms with Crippen molar-refractivity contribution in [2.24, 2.45) is 0 Å². The van der Waals surface area contributed by atoms with Gasteiger partial charge in [0, 0.05) is 31.1 Å². The first-order chi connectivity index (χ1) is 11.3. The van der Waals surface area contributed by atoms with Gasteiger partial charge in [-0.25, -0.2) is 9.78 Å². The minimum atomic E-state index is -4.52. The fraction of sp³-hybridized carbons (Fsp3) is 0.467. The third kappa shape index (κ3) is 2.93. The summed E-state index contributed by atoms with van der Waals surface area (Å²) < 4.78 is 45.3. The predicted molar refractivity (Wildman–Crippen MR) is 85.8 cm³/mol. The standard InChI is InChI=1S/C15H16F3N3O2S/c1-8-11(14(22)23-2)12-13(24-8)9(15(16,17)18)7-10(20-12)21-5-3-19-4-6-21/h7,19H,3-6H2,1-2H3. The Bertz CT molecular complexity index is 782. The number of aryl methyl sites for hydroxylation is 1. The molecule has 5 nitrogen and oxygen atoms in total. The van der Waals surface area contributed by atoms with E-state index in [4.69, 9.17) is 4.74 Å². The van der Waals surface area contributed by atoms with Gasteiger partial charge in [0.15, 0.2) is 0 Å². The number of nitrogens with zero attached hydrogens (tertiary/aromatic N) is 2. The van der Waals surface area contributed by atoms with E-state index in [-0.39, 0.29) is 21.6 Å². The lowest BCUT2D eigenvalue weighted by molar-refractivity contribution is -0.136. The molecular formula is C15H16F3N3O2S. The molecule has 1 aliphatic rings. The van der Waals surface area contributed by atoms with Crippen LogP contribution in [0.4, 0.5) is 19.0 Å². The van der Waals surface area contributed by atoms with Crippen molar-refractivity contribution in [3.8, 4) is 0 Å². The van der Waals surface area contributed by atoms with Crippen LogP contribution in [0.1, 0.15) is 20.8 Å². The number of alkyl halides is 3. The molecule has 130 valence electrons. The Kier molecular flexibility index (Phi) is 4.39. The topological polar surface area (TPSA) is 54.5 Å². The van der Waals surface area contributed by atoms with Crippen LogP contribution in [-0.2, 0) is 10.9 Å². The van der Waals surface area contributed by atoms with Gasteiger partial charge in [-0.2, -0.15) is 13.2 Å². The Morgan fingerprint density at radius 2 is 2.04 bits per heavy atom. The Balaban J connectivity index is 2.25. The van der Waals surface area contributed by atoms with E-state index in [1.54, 1.807) is 11.8 Å². The molecule has 24 heavy (non-hydrogen) atoms. The number of nitrogens with one attached hydrogen (secondary N) is 1. The number of halogens is 3. The number of rotatable bonds is 2. The maximum atomic E-state index is 13.5. The predicted octanol–water partition coefficient (Wildman–Crippen LogP) is 2.82. The molecule has 3 rings (SSSR count). The van der Waals surface area contributed by atoms with Crippen molar-refractivity contribution < 1.29 is 22.7 Å². The van der Waals surface area contributed by atoms with Crippen LogP contribution >= 0.6 is 11.3 Å². The minimum Gasteiger partial charge on any atom is -0.465 e. The van der Waals surface area contributed by atoms with Gasteiger partial charge in [-0.05, 0) is 13.0 Å². The fourth-order valence-corrected chi connectivity index (χ4v) is 3.89. The second-order valence-electron chi connectivity index (χ2n) is 5.47. The van der Waals surface area contributed by atoms with Crippen molar-refractivity contribution in [1.82, 2.24) is 10.3 Å². The van der Waals surface area contributed by atoms with Crippen molar-refractivity contribution in [3.63, 3.8) is 0 Å². The molecule has 0 aromatic carbocycles. The molecule has 0 atom stereocenters. The molecule has 1 fully saturated rings. The lowest BCUT2D eigenvalue weighted by Gasteiger charge is -2.29. The summed E-state index contributed by atoms with van der Waals surface area (Å²) in [5.41, 5.74) is -0.586. The molecule has 0 aliphatic carbocycles. The number of piperazine rings is 1. The summed E-state index contributed by atoms with van der Waals surface area (Å²) in [5.74, 6) is -0.434. The number of carbonyl (C=O) groups excluding carboxylic acids is 1. The largest absolute Gasteiger partial charge is 0.465 e. The SMILES string of the molecule is COC(=O)c1c(C)sc2c(C(F)(F)F)cc(N3CCNCC3)nc12. The van der Waals surface area contributed by atoms with Crippen LogP contribution in [-0.4, -0.2) is 44.2 Å². The lowest BCUT2D eigenvalue weighted by atomic mass is 10.1. The van der Waals surface area contributed by atoms with Crippen LogP contribution < -0.4 is 10.2 Å². The molecule has 0 amide bonds. The molecular weight excluding hydrogens is 343 g/mol. The van der Waals surface area contributed by atoms with Gasteiger partial charge in [0.25, 0.3) is 0 Å². The zero-order chi connectivity index (χ0) is 17.5. The number of hydrogen-bond acceptors (Lipinski definition) is 6. The van der Waals surface area contributed by atoms with Crippen LogP contribution in [0.2, 0.25) is 0 Å². The van der Waals surface area contributed by atoms with Gasteiger partial charge >= 0.3 is 12.1 Å². The third-order valence-electron chi connectivity index (χ3n) is 3.94. The highest BCUT2D eigenvalue weighted by molar-refractivity contribution is 7.19. The number of methoxy groups -OCH3 is 1. The zero-order valence-electron chi connectivity index (χ0n) is 13.2. The van der Waals surface area contributed by atoms with Gasteiger partial charge in [0.2, 0.25) is 0 Å². The second-order valence-corrected chi connectivity index (χ2v) is 6.69. The summed E-state index contributed by atoms with van der Waals surface area (Å²) in [6.45, 7) is 4.07. The molecule has 0 spiro atoms. The number of carbonyl (C=O) groups is 1. The average molecular weight is 359 g/mol. The van der Waals surface area contributed by atoms with Crippen molar-refractivity contribution in [2.75, 3.05) is 38.2 Å². The van der Waals surface area contributed by atoms with Gasteiger partial charge < -0.3 is 15.0 Å². The van der Waals surface area contributed by atoms with Crippen molar-refractivity contribution in [3.05, 3.63) is 22.1 Å². The molecule has 0 unspecified atom stereocenters. The minimum absolute atomic E-state index is 0.0284. The van der Waals surface area contributed by atoms with E-state index in [2.05, 4.69) is 10.3 Å². The van der Waals surface area contributed by atoms with Crippen molar-refractivity contribution in [2.45, 2.75) is 13.1 Å². The number of fused-ring (bicyclic) bond motifs is 1. The number of ether oxygens (including phenoxy) is 1. The normalized spacial score (nSPS) is 15.8. The number of pyridine rings is 1. The van der Waals surface area contributed by atoms with Crippen molar-refractivity contribution >= 4 is 33.3 Å². The molecule has 1 N–H and O–H groups in total. The summed E-state index contributed by atoms with van der Waals surface area (Å²) in [7, 11) is 1.20. The van der Waals surface area contributed by atoms with E-state index < -0.39 is 17.7 Å². The summed E-state index contributed by atoms with van der Waals surface area (Å²) in [6, 6.07) is 1.07. The molecule has 0 bridgehead atoms. The smallest absolute Gasteiger partial charge is 0.417 e. The van der Waals surface area contributed by atoms with Gasteiger partial charge in [-0.3, -0.25) is 0 Å². The van der Waals surface area contributed by atoms with Crippen LogP contribution in [0.25, 0.3) is 10.2 Å². The summed E-state index contributed by atoms with van der Waals surface area (Å²) in [4.78, 5) is 18.6. The van der Waals surface area contributed by atoms with Crippen molar-refractivity contribution in [1.29, 1.82) is 0 Å². The van der Waals surface area contributed by atoms with E-state index in [1.807, 2.05) is 0 Å². The molecule has 0 radical (unpaired) electrons. The first-order valence-corrected chi connectivity index (χ1v) is 8.20. The number of hydrogen-bond donors (Lipinski definition) is 1. The van der Waals surface area contributed by atoms with E-state index in [9.17, 15) is 18.0 Å². The van der Waals surface area contributed by atoms with Crippen LogP contribution in [0.3, 0.4) is 0 Å². The number of anilines is 1. The zero-order valence-corrected chi connectivity index (χ0v) is 14.0. The molecule has 0 saturated carbocycles. The summed E-state index contributed by atoms with van der Waals surface area (Å²) in [5, 5.41) is 3.15. The number of aromatic nitrogens is 1. The van der Waals surface area contributed by atoms with E-state index in [1.165, 1.54) is 7.11 Å². The molecule has 2 aromatic heterocycles. The molecule has 1 aliphatic heterocycles. The Hall–Kier alpha value is -1.87. The van der Waals surface area contributed by atoms with Gasteiger partial charge in [-0.15, -0.1) is 11.3 Å². The highest BCUT2D eigenvalue weighted by Crippen LogP contribution is 2.42. The van der Waals surface area contributed by atoms with Crippen LogP contribution in [0, 0.1) is 6.92 Å². The summed E-state index contributed by atoms with van der Waals surface area (Å²) >= 11 is 0.917. The lowest BCUT2D eigenvalue weighted by Crippen LogP contribution is -2.44. The fourth-order valence-electron chi connectivity index (χ4n) is 2.77. The number of thiophene rings is 1. The first-order valence-electron chi connectivity index (χ1n) is 7.38. The second kappa shape index (κ2) is 6.21. The monoisotopic (exact) mass is 359 g/mol. The van der Waals surface area contributed by atoms with Gasteiger partial charge in [0.1, 0.15) is 5.82 Å². The maximum absolute atomic E-state index is 13.5. The molecule has 3 heterocycles. The quantitative estimate of drug-likeness (QED) is 0.836. The molecule has 2 aromatic rings. The van der Waals surface area contributed by atoms with E-state index in [0.29, 0.717) is 31.1 Å². The third-order valence-corrected chi connectivity index (χ3v) is 5.07. The highest BCUT2D eigenvalue weighted by Gasteiger charge is 2.36. The molecule has 9 heteroatoms. The van der Waals surface area contributed by atoms with Gasteiger partial charge in [0.05, 0.1) is 28.5 Å². The average Bonchev–Trinajstić information content (AvgIpc) is 2.88. The van der Waals surface area contributed by atoms with Crippen LogP contribution in [0.15, 0.2) is 6.07 Å². The molecule has 1 saturated heterocycles.